The highest BCUT2D eigenvalue weighted by atomic mass is 32.1. The van der Waals surface area contributed by atoms with Crippen LogP contribution in [0.2, 0.25) is 0 Å². The number of benzene rings is 1. The highest BCUT2D eigenvalue weighted by Gasteiger charge is 2.10. The maximum absolute atomic E-state index is 5.98. The molecule has 78 valence electrons. The number of thiophene rings is 1. The Morgan fingerprint density at radius 2 is 1.93 bits per heavy atom. The van der Waals surface area contributed by atoms with E-state index in [0.29, 0.717) is 0 Å². The maximum atomic E-state index is 5.98. The number of aryl methyl sites for hydroxylation is 1. The number of rotatable bonds is 2. The molecule has 1 atom stereocenters. The van der Waals surface area contributed by atoms with Gasteiger partial charge >= 0.3 is 0 Å². The Balaban J connectivity index is 2.58. The third-order valence-electron chi connectivity index (χ3n) is 2.56. The summed E-state index contributed by atoms with van der Waals surface area (Å²) in [5.74, 6) is 0. The second kappa shape index (κ2) is 4.17. The molecule has 0 aliphatic rings. The van der Waals surface area contributed by atoms with Crippen LogP contribution in [0.5, 0.6) is 0 Å². The summed E-state index contributed by atoms with van der Waals surface area (Å²) in [4.78, 5) is 1.34. The Labute approximate surface area is 94.6 Å². The predicted molar refractivity (Wildman–Crippen MR) is 67.1 cm³/mol. The van der Waals surface area contributed by atoms with Crippen LogP contribution < -0.4 is 5.73 Å². The summed E-state index contributed by atoms with van der Waals surface area (Å²) in [6.45, 7) is 4.17. The molecule has 0 bridgehead atoms. The highest BCUT2D eigenvalue weighted by molar-refractivity contribution is 7.13. The van der Waals surface area contributed by atoms with Crippen LogP contribution in [-0.4, -0.2) is 0 Å². The van der Waals surface area contributed by atoms with Crippen molar-refractivity contribution in [2.75, 3.05) is 0 Å². The van der Waals surface area contributed by atoms with E-state index in [2.05, 4.69) is 36.6 Å². The average Bonchev–Trinajstić information content (AvgIpc) is 2.64. The Hall–Kier alpha value is -1.12. The predicted octanol–water partition coefficient (Wildman–Crippen LogP) is 3.74. The van der Waals surface area contributed by atoms with Crippen molar-refractivity contribution in [2.24, 2.45) is 5.73 Å². The molecule has 0 radical (unpaired) electrons. The second-order valence-electron chi connectivity index (χ2n) is 3.81. The summed E-state index contributed by atoms with van der Waals surface area (Å²) in [6, 6.07) is 10.6. The van der Waals surface area contributed by atoms with Crippen molar-refractivity contribution in [1.29, 1.82) is 0 Å². The molecule has 0 spiro atoms. The molecule has 15 heavy (non-hydrogen) atoms. The van der Waals surface area contributed by atoms with Crippen molar-refractivity contribution in [2.45, 2.75) is 19.9 Å². The van der Waals surface area contributed by atoms with Gasteiger partial charge in [0.2, 0.25) is 0 Å². The molecular weight excluding hydrogens is 202 g/mol. The Bertz CT molecular complexity index is 457. The van der Waals surface area contributed by atoms with E-state index < -0.39 is 0 Å². The largest absolute Gasteiger partial charge is 0.324 e. The van der Waals surface area contributed by atoms with Crippen molar-refractivity contribution in [1.82, 2.24) is 0 Å². The van der Waals surface area contributed by atoms with Gasteiger partial charge in [0.05, 0.1) is 0 Å². The first-order chi connectivity index (χ1) is 7.20. The van der Waals surface area contributed by atoms with Gasteiger partial charge in [0, 0.05) is 10.9 Å². The molecule has 0 saturated heterocycles. The van der Waals surface area contributed by atoms with Crippen LogP contribution >= 0.6 is 11.3 Å². The molecule has 0 aliphatic heterocycles. The van der Waals surface area contributed by atoms with Crippen molar-refractivity contribution in [3.05, 3.63) is 46.8 Å². The fourth-order valence-corrected chi connectivity index (χ4v) is 2.72. The Kier molecular flexibility index (Phi) is 2.89. The topological polar surface area (TPSA) is 26.0 Å². The first kappa shape index (κ1) is 10.4. The van der Waals surface area contributed by atoms with E-state index in [0.717, 1.165) is 0 Å². The average molecular weight is 217 g/mol. The molecule has 1 unspecified atom stereocenters. The number of hydrogen-bond acceptors (Lipinski definition) is 2. The monoisotopic (exact) mass is 217 g/mol. The minimum Gasteiger partial charge on any atom is -0.324 e. The van der Waals surface area contributed by atoms with Crippen molar-refractivity contribution in [3.8, 4) is 10.4 Å². The van der Waals surface area contributed by atoms with Gasteiger partial charge in [-0.25, -0.2) is 0 Å². The number of hydrogen-bond donors (Lipinski definition) is 1. The van der Waals surface area contributed by atoms with E-state index in [4.69, 9.17) is 5.73 Å². The van der Waals surface area contributed by atoms with Crippen LogP contribution in [0.3, 0.4) is 0 Å². The summed E-state index contributed by atoms with van der Waals surface area (Å²) in [6.07, 6.45) is 0. The van der Waals surface area contributed by atoms with E-state index in [9.17, 15) is 0 Å². The van der Waals surface area contributed by atoms with Gasteiger partial charge in [-0.1, -0.05) is 24.3 Å². The quantitative estimate of drug-likeness (QED) is 0.814. The standard InChI is InChI=1S/C13H15NS/c1-9-7-8-15-13(9)12-6-4-3-5-11(12)10(2)14/h3-8,10H,14H2,1-2H3. The third kappa shape index (κ3) is 1.96. The normalized spacial score (nSPS) is 12.7. The van der Waals surface area contributed by atoms with E-state index in [1.807, 2.05) is 13.0 Å². The molecular formula is C13H15NS. The minimum absolute atomic E-state index is 0.0858. The maximum Gasteiger partial charge on any atom is 0.0375 e. The van der Waals surface area contributed by atoms with Gasteiger partial charge in [0.25, 0.3) is 0 Å². The van der Waals surface area contributed by atoms with Crippen LogP contribution in [0.4, 0.5) is 0 Å². The summed E-state index contributed by atoms with van der Waals surface area (Å²) >= 11 is 1.78. The molecule has 0 saturated carbocycles. The smallest absolute Gasteiger partial charge is 0.0375 e. The van der Waals surface area contributed by atoms with E-state index in [1.54, 1.807) is 11.3 Å². The molecule has 2 heteroatoms. The summed E-state index contributed by atoms with van der Waals surface area (Å²) in [7, 11) is 0. The lowest BCUT2D eigenvalue weighted by Crippen LogP contribution is -2.06. The van der Waals surface area contributed by atoms with Crippen molar-refractivity contribution >= 4 is 11.3 Å². The van der Waals surface area contributed by atoms with E-state index in [1.165, 1.54) is 21.6 Å². The van der Waals surface area contributed by atoms with Gasteiger partial charge in [-0.05, 0) is 42.0 Å². The summed E-state index contributed by atoms with van der Waals surface area (Å²) in [5.41, 5.74) is 9.81. The molecule has 2 rings (SSSR count). The molecule has 1 aromatic heterocycles. The van der Waals surface area contributed by atoms with Crippen molar-refractivity contribution < 1.29 is 0 Å². The molecule has 0 aliphatic carbocycles. The fraction of sp³-hybridized carbons (Fsp3) is 0.231. The minimum atomic E-state index is 0.0858. The molecule has 2 N–H and O–H groups in total. The third-order valence-corrected chi connectivity index (χ3v) is 3.61. The van der Waals surface area contributed by atoms with Crippen LogP contribution in [0.15, 0.2) is 35.7 Å². The van der Waals surface area contributed by atoms with E-state index in [-0.39, 0.29) is 6.04 Å². The molecule has 0 fully saturated rings. The molecule has 1 heterocycles. The van der Waals surface area contributed by atoms with Crippen LogP contribution in [0.25, 0.3) is 10.4 Å². The fourth-order valence-electron chi connectivity index (χ4n) is 1.75. The first-order valence-electron chi connectivity index (χ1n) is 5.09. The van der Waals surface area contributed by atoms with Gasteiger partial charge in [-0.15, -0.1) is 11.3 Å². The lowest BCUT2D eigenvalue weighted by molar-refractivity contribution is 0.821. The van der Waals surface area contributed by atoms with Crippen LogP contribution in [-0.2, 0) is 0 Å². The number of nitrogens with two attached hydrogens (primary N) is 1. The molecule has 2 aromatic rings. The first-order valence-corrected chi connectivity index (χ1v) is 5.97. The Morgan fingerprint density at radius 1 is 1.20 bits per heavy atom. The van der Waals surface area contributed by atoms with E-state index >= 15 is 0 Å². The van der Waals surface area contributed by atoms with Gasteiger partial charge in [-0.2, -0.15) is 0 Å². The van der Waals surface area contributed by atoms with Gasteiger partial charge in [0.1, 0.15) is 0 Å². The highest BCUT2D eigenvalue weighted by Crippen LogP contribution is 2.33. The van der Waals surface area contributed by atoms with Crippen LogP contribution in [0.1, 0.15) is 24.1 Å². The van der Waals surface area contributed by atoms with Crippen molar-refractivity contribution in [3.63, 3.8) is 0 Å². The molecule has 1 nitrogen and oxygen atoms in total. The summed E-state index contributed by atoms with van der Waals surface area (Å²) in [5, 5.41) is 2.13. The summed E-state index contributed by atoms with van der Waals surface area (Å²) < 4.78 is 0. The van der Waals surface area contributed by atoms with Gasteiger partial charge in [-0.3, -0.25) is 0 Å². The van der Waals surface area contributed by atoms with Gasteiger partial charge in [0.15, 0.2) is 0 Å². The Morgan fingerprint density at radius 3 is 2.53 bits per heavy atom. The lowest BCUT2D eigenvalue weighted by Gasteiger charge is -2.11. The zero-order chi connectivity index (χ0) is 10.8. The molecule has 1 aromatic carbocycles. The van der Waals surface area contributed by atoms with Gasteiger partial charge < -0.3 is 5.73 Å². The molecule has 0 amide bonds. The van der Waals surface area contributed by atoms with Crippen LogP contribution in [0, 0.1) is 6.92 Å². The zero-order valence-electron chi connectivity index (χ0n) is 9.03. The second-order valence-corrected chi connectivity index (χ2v) is 4.72. The lowest BCUT2D eigenvalue weighted by atomic mass is 9.99. The zero-order valence-corrected chi connectivity index (χ0v) is 9.84. The SMILES string of the molecule is Cc1ccsc1-c1ccccc1C(C)N.